The first-order chi connectivity index (χ1) is 12.0. The van der Waals surface area contributed by atoms with E-state index in [-0.39, 0.29) is 17.9 Å². The Morgan fingerprint density at radius 3 is 2.52 bits per heavy atom. The molecule has 1 aromatic carbocycles. The zero-order valence-corrected chi connectivity index (χ0v) is 14.1. The van der Waals surface area contributed by atoms with E-state index in [0.29, 0.717) is 24.8 Å². The molecule has 1 aliphatic carbocycles. The van der Waals surface area contributed by atoms with Gasteiger partial charge in [-0.1, -0.05) is 18.2 Å². The van der Waals surface area contributed by atoms with Crippen LogP contribution in [0.5, 0.6) is 0 Å². The molecular formula is C19H21N3O3. The zero-order chi connectivity index (χ0) is 17.8. The Hall–Kier alpha value is -2.89. The summed E-state index contributed by atoms with van der Waals surface area (Å²) < 4.78 is 0. The molecule has 0 radical (unpaired) electrons. The number of para-hydroxylation sites is 1. The maximum absolute atomic E-state index is 12.3. The van der Waals surface area contributed by atoms with Crippen molar-refractivity contribution < 1.29 is 14.7 Å². The fourth-order valence-corrected chi connectivity index (χ4v) is 3.11. The molecule has 130 valence electrons. The number of pyridine rings is 1. The lowest BCUT2D eigenvalue weighted by atomic mass is 10.1. The van der Waals surface area contributed by atoms with E-state index in [1.54, 1.807) is 18.3 Å². The third kappa shape index (κ3) is 3.96. The lowest BCUT2D eigenvalue weighted by Gasteiger charge is -2.18. The Kier molecular flexibility index (Phi) is 4.97. The van der Waals surface area contributed by atoms with Crippen molar-refractivity contribution in [2.24, 2.45) is 5.92 Å². The highest BCUT2D eigenvalue weighted by atomic mass is 16.4. The highest BCUT2D eigenvalue weighted by Crippen LogP contribution is 2.26. The van der Waals surface area contributed by atoms with Crippen LogP contribution in [0.2, 0.25) is 0 Å². The number of carboxylic acids is 1. The smallest absolute Gasteiger partial charge is 0.306 e. The molecule has 2 atom stereocenters. The summed E-state index contributed by atoms with van der Waals surface area (Å²) in [4.78, 5) is 29.6. The molecular weight excluding hydrogens is 318 g/mol. The van der Waals surface area contributed by atoms with Crippen LogP contribution in [-0.4, -0.2) is 35.1 Å². The van der Waals surface area contributed by atoms with Crippen LogP contribution in [0.4, 0.5) is 11.5 Å². The number of hydrogen-bond acceptors (Lipinski definition) is 4. The lowest BCUT2D eigenvalue weighted by molar-refractivity contribution is -0.141. The van der Waals surface area contributed by atoms with Crippen LogP contribution >= 0.6 is 0 Å². The molecule has 1 heterocycles. The summed E-state index contributed by atoms with van der Waals surface area (Å²) in [6, 6.07) is 13.3. The SMILES string of the molecule is CN(c1ccccc1)c1ccc(C(=O)N[C@@H]2CC[C@H](C(=O)O)C2)cn1. The molecule has 1 amide bonds. The third-order valence-electron chi connectivity index (χ3n) is 4.61. The average molecular weight is 339 g/mol. The van der Waals surface area contributed by atoms with Crippen molar-refractivity contribution in [2.45, 2.75) is 25.3 Å². The molecule has 3 rings (SSSR count). The number of anilines is 2. The van der Waals surface area contributed by atoms with Crippen molar-refractivity contribution in [1.82, 2.24) is 10.3 Å². The molecule has 0 unspecified atom stereocenters. The van der Waals surface area contributed by atoms with Gasteiger partial charge in [0.1, 0.15) is 5.82 Å². The fraction of sp³-hybridized carbons (Fsp3) is 0.316. The second-order valence-corrected chi connectivity index (χ2v) is 6.32. The molecule has 1 saturated carbocycles. The summed E-state index contributed by atoms with van der Waals surface area (Å²) in [5, 5.41) is 11.9. The van der Waals surface area contributed by atoms with Gasteiger partial charge in [0.15, 0.2) is 0 Å². The Morgan fingerprint density at radius 1 is 1.16 bits per heavy atom. The Bertz CT molecular complexity index is 746. The van der Waals surface area contributed by atoms with Crippen molar-refractivity contribution in [1.29, 1.82) is 0 Å². The van der Waals surface area contributed by atoms with Crippen LogP contribution in [0.25, 0.3) is 0 Å². The number of carbonyl (C=O) groups excluding carboxylic acids is 1. The number of nitrogens with one attached hydrogen (secondary N) is 1. The molecule has 0 aliphatic heterocycles. The normalized spacial score (nSPS) is 19.4. The largest absolute Gasteiger partial charge is 0.481 e. The van der Waals surface area contributed by atoms with Crippen LogP contribution in [0.3, 0.4) is 0 Å². The zero-order valence-electron chi connectivity index (χ0n) is 14.1. The maximum Gasteiger partial charge on any atom is 0.306 e. The number of carboxylic acid groups (broad SMARTS) is 1. The van der Waals surface area contributed by atoms with Gasteiger partial charge in [0.25, 0.3) is 5.91 Å². The summed E-state index contributed by atoms with van der Waals surface area (Å²) in [6.07, 6.45) is 3.35. The second kappa shape index (κ2) is 7.34. The van der Waals surface area contributed by atoms with E-state index in [9.17, 15) is 9.59 Å². The minimum Gasteiger partial charge on any atom is -0.481 e. The van der Waals surface area contributed by atoms with Crippen LogP contribution in [0.1, 0.15) is 29.6 Å². The van der Waals surface area contributed by atoms with Gasteiger partial charge in [-0.2, -0.15) is 0 Å². The average Bonchev–Trinajstić information content (AvgIpc) is 3.11. The molecule has 0 spiro atoms. The number of aliphatic carboxylic acids is 1. The van der Waals surface area contributed by atoms with Crippen molar-refractivity contribution in [3.8, 4) is 0 Å². The minimum absolute atomic E-state index is 0.0831. The molecule has 1 aliphatic rings. The lowest BCUT2D eigenvalue weighted by Crippen LogP contribution is -2.33. The number of benzene rings is 1. The second-order valence-electron chi connectivity index (χ2n) is 6.32. The van der Waals surface area contributed by atoms with Gasteiger partial charge < -0.3 is 15.3 Å². The van der Waals surface area contributed by atoms with Gasteiger partial charge in [0.05, 0.1) is 11.5 Å². The van der Waals surface area contributed by atoms with E-state index in [0.717, 1.165) is 11.5 Å². The van der Waals surface area contributed by atoms with Crippen molar-refractivity contribution in [3.05, 3.63) is 54.2 Å². The highest BCUT2D eigenvalue weighted by Gasteiger charge is 2.30. The number of aromatic nitrogens is 1. The van der Waals surface area contributed by atoms with Crippen LogP contribution in [0.15, 0.2) is 48.7 Å². The van der Waals surface area contributed by atoms with Gasteiger partial charge in [-0.25, -0.2) is 4.98 Å². The van der Waals surface area contributed by atoms with Gasteiger partial charge in [-0.15, -0.1) is 0 Å². The van der Waals surface area contributed by atoms with E-state index < -0.39 is 5.97 Å². The molecule has 6 heteroatoms. The summed E-state index contributed by atoms with van der Waals surface area (Å²) >= 11 is 0. The summed E-state index contributed by atoms with van der Waals surface area (Å²) in [7, 11) is 1.92. The van der Waals surface area contributed by atoms with Gasteiger partial charge in [0.2, 0.25) is 0 Å². The van der Waals surface area contributed by atoms with Gasteiger partial charge in [0, 0.05) is 25.0 Å². The van der Waals surface area contributed by atoms with Crippen molar-refractivity contribution >= 4 is 23.4 Å². The van der Waals surface area contributed by atoms with Gasteiger partial charge in [-0.05, 0) is 43.5 Å². The maximum atomic E-state index is 12.3. The van der Waals surface area contributed by atoms with E-state index >= 15 is 0 Å². The number of carbonyl (C=O) groups is 2. The number of amides is 1. The monoisotopic (exact) mass is 339 g/mol. The Morgan fingerprint density at radius 2 is 1.92 bits per heavy atom. The van der Waals surface area contributed by atoms with Crippen molar-refractivity contribution in [3.63, 3.8) is 0 Å². The molecule has 2 aromatic rings. The molecule has 2 N–H and O–H groups in total. The molecule has 0 bridgehead atoms. The molecule has 1 fully saturated rings. The number of nitrogens with zero attached hydrogens (tertiary/aromatic N) is 2. The van der Waals surface area contributed by atoms with E-state index in [2.05, 4.69) is 10.3 Å². The molecule has 1 aromatic heterocycles. The fourth-order valence-electron chi connectivity index (χ4n) is 3.11. The van der Waals surface area contributed by atoms with Gasteiger partial charge >= 0.3 is 5.97 Å². The number of rotatable bonds is 5. The van der Waals surface area contributed by atoms with Crippen LogP contribution in [0, 0.1) is 5.92 Å². The van der Waals surface area contributed by atoms with Crippen molar-refractivity contribution in [2.75, 3.05) is 11.9 Å². The third-order valence-corrected chi connectivity index (χ3v) is 4.61. The standard InChI is InChI=1S/C19H21N3O3/c1-22(16-5-3-2-4-6-16)17-10-8-14(12-20-17)18(23)21-15-9-7-13(11-15)19(24)25/h2-6,8,10,12-13,15H,7,9,11H2,1H3,(H,21,23)(H,24,25)/t13-,15+/m0/s1. The Labute approximate surface area is 146 Å². The first kappa shape index (κ1) is 17.0. The topological polar surface area (TPSA) is 82.5 Å². The molecule has 0 saturated heterocycles. The quantitative estimate of drug-likeness (QED) is 0.875. The first-order valence-electron chi connectivity index (χ1n) is 8.33. The highest BCUT2D eigenvalue weighted by molar-refractivity contribution is 5.94. The first-order valence-corrected chi connectivity index (χ1v) is 8.33. The van der Waals surface area contributed by atoms with Gasteiger partial charge in [-0.3, -0.25) is 9.59 Å². The summed E-state index contributed by atoms with van der Waals surface area (Å²) in [5.41, 5.74) is 1.49. The Balaban J connectivity index is 1.62. The summed E-state index contributed by atoms with van der Waals surface area (Å²) in [5.74, 6) is -0.607. The minimum atomic E-state index is -0.785. The number of hydrogen-bond donors (Lipinski definition) is 2. The predicted molar refractivity (Wildman–Crippen MR) is 95.0 cm³/mol. The van der Waals surface area contributed by atoms with Crippen LogP contribution in [-0.2, 0) is 4.79 Å². The summed E-state index contributed by atoms with van der Waals surface area (Å²) in [6.45, 7) is 0. The predicted octanol–water partition coefficient (Wildman–Crippen LogP) is 2.83. The van der Waals surface area contributed by atoms with E-state index in [4.69, 9.17) is 5.11 Å². The van der Waals surface area contributed by atoms with E-state index in [1.165, 1.54) is 0 Å². The van der Waals surface area contributed by atoms with Crippen LogP contribution < -0.4 is 10.2 Å². The van der Waals surface area contributed by atoms with E-state index in [1.807, 2.05) is 42.3 Å². The molecule has 6 nitrogen and oxygen atoms in total. The molecule has 25 heavy (non-hydrogen) atoms.